The third-order valence-corrected chi connectivity index (χ3v) is 4.36. The van der Waals surface area contributed by atoms with Crippen molar-refractivity contribution >= 4 is 46.9 Å². The minimum Gasteiger partial charge on any atom is -0.465 e. The highest BCUT2D eigenvalue weighted by molar-refractivity contribution is 7.21. The highest BCUT2D eigenvalue weighted by atomic mass is 32.1. The molecule has 0 saturated heterocycles. The Hall–Kier alpha value is -2.61. The highest BCUT2D eigenvalue weighted by Crippen LogP contribution is 2.32. The molecule has 8 heteroatoms. The van der Waals surface area contributed by atoms with Gasteiger partial charge in [0.25, 0.3) is 0 Å². The van der Waals surface area contributed by atoms with Crippen LogP contribution < -0.4 is 5.32 Å². The van der Waals surface area contributed by atoms with Crippen LogP contribution in [0.5, 0.6) is 0 Å². The molecule has 114 valence electrons. The Kier molecular flexibility index (Phi) is 3.91. The number of ether oxygens (including phenoxy) is 1. The van der Waals surface area contributed by atoms with Crippen molar-refractivity contribution in [2.24, 2.45) is 7.05 Å². The second kappa shape index (κ2) is 5.88. The number of hydrogen-bond donors (Lipinski definition) is 1. The van der Waals surface area contributed by atoms with E-state index in [1.807, 2.05) is 17.7 Å². The number of methoxy groups -OCH3 is 1. The van der Waals surface area contributed by atoms with Gasteiger partial charge in [-0.05, 0) is 24.3 Å². The maximum atomic E-state index is 11.6. The van der Waals surface area contributed by atoms with Crippen LogP contribution in [0.15, 0.2) is 30.5 Å². The quantitative estimate of drug-likeness (QED) is 0.594. The zero-order chi connectivity index (χ0) is 16.6. The molecule has 6 nitrogen and oxygen atoms in total. The van der Waals surface area contributed by atoms with E-state index in [1.165, 1.54) is 18.4 Å². The summed E-state index contributed by atoms with van der Waals surface area (Å²) in [6.07, 6.45) is 1.76. The number of benzene rings is 1. The molecule has 0 atom stereocenters. The molecular weight excluding hydrogens is 313 g/mol. The Morgan fingerprint density at radius 3 is 2.83 bits per heavy atom. The van der Waals surface area contributed by atoms with E-state index < -0.39 is 11.8 Å². The number of aryl methyl sites for hydroxylation is 1. The predicted octanol–water partition coefficient (Wildman–Crippen LogP) is 2.79. The minimum absolute atomic E-state index is 0.395. The van der Waals surface area contributed by atoms with Gasteiger partial charge in [0.05, 0.1) is 34.3 Å². The number of nitrogens with zero attached hydrogens (tertiary/aromatic N) is 2. The lowest BCUT2D eigenvalue weighted by Gasteiger charge is -1.97. The third-order valence-electron chi connectivity index (χ3n) is 3.30. The van der Waals surface area contributed by atoms with Gasteiger partial charge in [0, 0.05) is 13.2 Å². The van der Waals surface area contributed by atoms with Crippen molar-refractivity contribution < 1.29 is 14.3 Å². The molecule has 1 N–H and O–H groups in total. The molecule has 0 aliphatic carbocycles. The van der Waals surface area contributed by atoms with Crippen LogP contribution in [0, 0.1) is 0 Å². The number of thiazole rings is 1. The molecular formula is C15H12BN3O3S. The molecule has 0 spiro atoms. The van der Waals surface area contributed by atoms with Crippen molar-refractivity contribution in [3.63, 3.8) is 0 Å². The van der Waals surface area contributed by atoms with E-state index in [1.54, 1.807) is 24.4 Å². The first-order valence-corrected chi connectivity index (χ1v) is 7.51. The van der Waals surface area contributed by atoms with Crippen molar-refractivity contribution in [2.45, 2.75) is 0 Å². The molecule has 2 heterocycles. The second-order valence-corrected chi connectivity index (χ2v) is 5.94. The first-order chi connectivity index (χ1) is 11.0. The van der Waals surface area contributed by atoms with Gasteiger partial charge in [0.15, 0.2) is 5.81 Å². The number of fused-ring (bicyclic) bond motifs is 1. The van der Waals surface area contributed by atoms with Gasteiger partial charge in [-0.25, -0.2) is 9.78 Å². The molecule has 2 radical (unpaired) electrons. The van der Waals surface area contributed by atoms with Crippen LogP contribution in [-0.4, -0.2) is 36.3 Å². The average Bonchev–Trinajstić information content (AvgIpc) is 3.07. The summed E-state index contributed by atoms with van der Waals surface area (Å²) in [5, 5.41) is 3.31. The van der Waals surface area contributed by atoms with Gasteiger partial charge in [-0.2, -0.15) is 0 Å². The van der Waals surface area contributed by atoms with Gasteiger partial charge in [-0.15, -0.1) is 11.3 Å². The van der Waals surface area contributed by atoms with Crippen molar-refractivity contribution in [1.82, 2.24) is 9.55 Å². The van der Waals surface area contributed by atoms with Crippen molar-refractivity contribution in [3.05, 3.63) is 36.0 Å². The summed E-state index contributed by atoms with van der Waals surface area (Å²) in [7, 11) is 8.32. The van der Waals surface area contributed by atoms with Crippen LogP contribution >= 0.6 is 11.3 Å². The van der Waals surface area contributed by atoms with E-state index >= 15 is 0 Å². The van der Waals surface area contributed by atoms with Crippen molar-refractivity contribution in [2.75, 3.05) is 12.4 Å². The van der Waals surface area contributed by atoms with Gasteiger partial charge in [0.1, 0.15) is 5.01 Å². The number of carbonyl (C=O) groups is 2. The topological polar surface area (TPSA) is 73.2 Å². The molecule has 3 rings (SSSR count). The van der Waals surface area contributed by atoms with E-state index in [2.05, 4.69) is 10.3 Å². The van der Waals surface area contributed by atoms with Crippen LogP contribution in [0.2, 0.25) is 0 Å². The van der Waals surface area contributed by atoms with Gasteiger partial charge >= 0.3 is 5.97 Å². The van der Waals surface area contributed by atoms with Crippen molar-refractivity contribution in [1.29, 1.82) is 0 Å². The normalized spacial score (nSPS) is 10.7. The van der Waals surface area contributed by atoms with Crippen LogP contribution in [0.25, 0.3) is 20.9 Å². The Morgan fingerprint density at radius 2 is 2.13 bits per heavy atom. The van der Waals surface area contributed by atoms with E-state index in [4.69, 9.17) is 12.6 Å². The van der Waals surface area contributed by atoms with Crippen LogP contribution in [0.1, 0.15) is 10.4 Å². The van der Waals surface area contributed by atoms with Crippen LogP contribution in [0.4, 0.5) is 10.5 Å². The largest absolute Gasteiger partial charge is 0.465 e. The summed E-state index contributed by atoms with van der Waals surface area (Å²) in [4.78, 5) is 27.1. The number of aromatic nitrogens is 2. The molecule has 23 heavy (non-hydrogen) atoms. The first-order valence-electron chi connectivity index (χ1n) is 6.70. The van der Waals surface area contributed by atoms with Gasteiger partial charge < -0.3 is 14.6 Å². The number of hydrogen-bond acceptors (Lipinski definition) is 5. The fourth-order valence-electron chi connectivity index (χ4n) is 2.27. The Bertz CT molecular complexity index is 916. The summed E-state index contributed by atoms with van der Waals surface area (Å²) in [5.41, 5.74) is 2.62. The zero-order valence-corrected chi connectivity index (χ0v) is 13.3. The number of anilines is 1. The standard InChI is InChI=1S/C15H12BN3O3S/c1-19-7-9(17-15(16)21)6-11(19)13-18-10-5-8(14(20)22-2)3-4-12(10)23-13/h3-7H,1-2H3,(H,17,21). The molecule has 0 unspecified atom stereocenters. The number of esters is 1. The van der Waals surface area contributed by atoms with Gasteiger partial charge in [0.2, 0.25) is 7.85 Å². The SMILES string of the molecule is [B]C(=O)Nc1cc(-c2nc3cc(C(=O)OC)ccc3s2)n(C)c1. The lowest BCUT2D eigenvalue weighted by atomic mass is 10.1. The number of carbonyl (C=O) groups excluding carboxylic acids is 2. The number of nitrogens with one attached hydrogen (secondary N) is 1. The Labute approximate surface area is 137 Å². The lowest BCUT2D eigenvalue weighted by molar-refractivity contribution is 0.0601. The molecule has 0 aliphatic heterocycles. The van der Waals surface area contributed by atoms with Crippen LogP contribution in [0.3, 0.4) is 0 Å². The average molecular weight is 325 g/mol. The van der Waals surface area contributed by atoms with E-state index in [-0.39, 0.29) is 0 Å². The molecule has 0 bridgehead atoms. The van der Waals surface area contributed by atoms with Gasteiger partial charge in [-0.3, -0.25) is 4.79 Å². The molecule has 0 fully saturated rings. The summed E-state index contributed by atoms with van der Waals surface area (Å²) in [6, 6.07) is 7.05. The molecule has 1 amide bonds. The zero-order valence-electron chi connectivity index (χ0n) is 12.5. The summed E-state index contributed by atoms with van der Waals surface area (Å²) >= 11 is 1.50. The van der Waals surface area contributed by atoms with Crippen LogP contribution in [-0.2, 0) is 11.8 Å². The maximum absolute atomic E-state index is 11.6. The highest BCUT2D eigenvalue weighted by Gasteiger charge is 2.13. The van der Waals surface area contributed by atoms with Gasteiger partial charge in [-0.1, -0.05) is 0 Å². The lowest BCUT2D eigenvalue weighted by Crippen LogP contribution is -2.07. The summed E-state index contributed by atoms with van der Waals surface area (Å²) in [6.45, 7) is 0. The Morgan fingerprint density at radius 1 is 1.35 bits per heavy atom. The molecule has 0 saturated carbocycles. The monoisotopic (exact) mass is 325 g/mol. The molecule has 0 aliphatic rings. The fourth-order valence-corrected chi connectivity index (χ4v) is 3.27. The second-order valence-electron chi connectivity index (χ2n) is 4.91. The molecule has 3 aromatic rings. The predicted molar refractivity (Wildman–Crippen MR) is 90.1 cm³/mol. The third kappa shape index (κ3) is 2.98. The minimum atomic E-state index is -0.617. The summed E-state index contributed by atoms with van der Waals surface area (Å²) < 4.78 is 7.52. The number of amides is 1. The first kappa shape index (κ1) is 15.3. The Balaban J connectivity index is 2.02. The van der Waals surface area contributed by atoms with E-state index in [0.717, 1.165) is 20.9 Å². The maximum Gasteiger partial charge on any atom is 0.337 e. The van der Waals surface area contributed by atoms with E-state index in [0.29, 0.717) is 11.3 Å². The summed E-state index contributed by atoms with van der Waals surface area (Å²) in [5.74, 6) is -1.01. The van der Waals surface area contributed by atoms with Crippen molar-refractivity contribution in [3.8, 4) is 10.7 Å². The smallest absolute Gasteiger partial charge is 0.337 e. The number of rotatable bonds is 3. The molecule has 2 aromatic heterocycles. The van der Waals surface area contributed by atoms with E-state index in [9.17, 15) is 9.59 Å². The fraction of sp³-hybridized carbons (Fsp3) is 0.133. The molecule has 1 aromatic carbocycles.